The second-order valence-corrected chi connectivity index (χ2v) is 3.47. The minimum absolute atomic E-state index is 0.176. The van der Waals surface area contributed by atoms with Gasteiger partial charge in [0, 0.05) is 0 Å². The Morgan fingerprint density at radius 3 is 1.82 bits per heavy atom. The average Bonchev–Trinajstić information content (AvgIpc) is 1.85. The van der Waals surface area contributed by atoms with Gasteiger partial charge in [0.1, 0.15) is 0 Å². The van der Waals surface area contributed by atoms with Crippen LogP contribution >= 0.6 is 0 Å². The first-order valence-corrected chi connectivity index (χ1v) is 4.21. The summed E-state index contributed by atoms with van der Waals surface area (Å²) in [5, 5.41) is 10.6. The molecule has 2 unspecified atom stereocenters. The number of rotatable bonds is 4. The first-order valence-electron chi connectivity index (χ1n) is 4.21. The van der Waals surface area contributed by atoms with Crippen molar-refractivity contribution in [3.05, 3.63) is 0 Å². The second kappa shape index (κ2) is 4.37. The zero-order valence-corrected chi connectivity index (χ0v) is 7.76. The lowest BCUT2D eigenvalue weighted by molar-refractivity contribution is -0.151. The molecule has 0 saturated heterocycles. The molecule has 2 atom stereocenters. The molecular formula is C9H17O2. The lowest BCUT2D eigenvalue weighted by atomic mass is 9.83. The summed E-state index contributed by atoms with van der Waals surface area (Å²) in [6.07, 6.45) is 0.900. The van der Waals surface area contributed by atoms with E-state index in [1.54, 1.807) is 0 Å². The van der Waals surface area contributed by atoms with Crippen LogP contribution in [0.3, 0.4) is 0 Å². The van der Waals surface area contributed by atoms with Crippen LogP contribution in [-0.4, -0.2) is 5.97 Å². The molecule has 0 aromatic rings. The highest BCUT2D eigenvalue weighted by molar-refractivity contribution is 5.70. The highest BCUT2D eigenvalue weighted by Gasteiger charge is 2.27. The van der Waals surface area contributed by atoms with E-state index < -0.39 is 5.97 Å². The molecule has 0 saturated carbocycles. The molecular weight excluding hydrogens is 140 g/mol. The molecule has 0 N–H and O–H groups in total. The lowest BCUT2D eigenvalue weighted by Gasteiger charge is -2.20. The summed E-state index contributed by atoms with van der Waals surface area (Å²) in [5.41, 5.74) is 0. The van der Waals surface area contributed by atoms with Crippen molar-refractivity contribution in [3.8, 4) is 0 Å². The van der Waals surface area contributed by atoms with Gasteiger partial charge in [-0.25, -0.2) is 9.90 Å². The van der Waals surface area contributed by atoms with E-state index in [-0.39, 0.29) is 17.8 Å². The van der Waals surface area contributed by atoms with Crippen LogP contribution in [0, 0.1) is 17.8 Å². The number of hydrogen-bond donors (Lipinski definition) is 0. The summed E-state index contributed by atoms with van der Waals surface area (Å²) in [7, 11) is 0. The quantitative estimate of drug-likeness (QED) is 0.616. The maximum atomic E-state index is 10.6. The molecule has 0 aromatic carbocycles. The molecule has 2 heteroatoms. The normalized spacial score (nSPS) is 16.5. The van der Waals surface area contributed by atoms with Crippen molar-refractivity contribution in [2.24, 2.45) is 17.8 Å². The van der Waals surface area contributed by atoms with Crippen LogP contribution in [-0.2, 0) is 9.90 Å². The topological polar surface area (TPSA) is 37.0 Å². The molecule has 0 aliphatic rings. The molecule has 0 bridgehead atoms. The van der Waals surface area contributed by atoms with Crippen LogP contribution in [0.5, 0.6) is 0 Å². The Morgan fingerprint density at radius 2 is 1.73 bits per heavy atom. The van der Waals surface area contributed by atoms with E-state index in [9.17, 15) is 9.90 Å². The summed E-state index contributed by atoms with van der Waals surface area (Å²) < 4.78 is 0. The van der Waals surface area contributed by atoms with Crippen LogP contribution < -0.4 is 0 Å². The van der Waals surface area contributed by atoms with Gasteiger partial charge < -0.3 is 0 Å². The fourth-order valence-corrected chi connectivity index (χ4v) is 1.42. The lowest BCUT2D eigenvalue weighted by Crippen LogP contribution is -2.25. The van der Waals surface area contributed by atoms with Gasteiger partial charge in [0.15, 0.2) is 0 Å². The van der Waals surface area contributed by atoms with E-state index in [0.717, 1.165) is 6.42 Å². The van der Waals surface area contributed by atoms with E-state index in [4.69, 9.17) is 0 Å². The molecule has 11 heavy (non-hydrogen) atoms. The van der Waals surface area contributed by atoms with Crippen molar-refractivity contribution >= 4 is 5.97 Å². The predicted molar refractivity (Wildman–Crippen MR) is 43.5 cm³/mol. The minimum Gasteiger partial charge on any atom is -0.247 e. The Hall–Kier alpha value is -0.530. The van der Waals surface area contributed by atoms with Crippen LogP contribution in [0.15, 0.2) is 0 Å². The van der Waals surface area contributed by atoms with Crippen LogP contribution in [0.1, 0.15) is 34.1 Å². The van der Waals surface area contributed by atoms with Gasteiger partial charge in [0.25, 0.3) is 0 Å². The van der Waals surface area contributed by atoms with Gasteiger partial charge in [-0.1, -0.05) is 34.1 Å². The molecule has 0 aliphatic heterocycles. The highest BCUT2D eigenvalue weighted by Crippen LogP contribution is 2.23. The molecule has 0 aromatic heterocycles. The number of carbonyl (C=O) groups is 1. The molecule has 0 aliphatic carbocycles. The summed E-state index contributed by atoms with van der Waals surface area (Å²) >= 11 is 0. The monoisotopic (exact) mass is 157 g/mol. The number of hydrogen-bond acceptors (Lipinski definition) is 1. The maximum Gasteiger partial charge on any atom is 0.359 e. The first-order chi connectivity index (χ1) is 5.00. The van der Waals surface area contributed by atoms with Gasteiger partial charge in [-0.15, -0.1) is 0 Å². The Labute approximate surface area is 68.6 Å². The Kier molecular flexibility index (Phi) is 4.16. The van der Waals surface area contributed by atoms with Gasteiger partial charge in [-0.2, -0.15) is 0 Å². The zero-order valence-electron chi connectivity index (χ0n) is 7.76. The van der Waals surface area contributed by atoms with Crippen molar-refractivity contribution in [1.29, 1.82) is 0 Å². The van der Waals surface area contributed by atoms with Crippen molar-refractivity contribution in [2.75, 3.05) is 0 Å². The van der Waals surface area contributed by atoms with E-state index in [2.05, 4.69) is 0 Å². The van der Waals surface area contributed by atoms with E-state index in [0.29, 0.717) is 0 Å². The highest BCUT2D eigenvalue weighted by atomic mass is 16.4. The Bertz CT molecular complexity index is 130. The molecule has 2 nitrogen and oxygen atoms in total. The SMILES string of the molecule is CCC(C)C(C([O])=O)C(C)C. The van der Waals surface area contributed by atoms with E-state index >= 15 is 0 Å². The largest absolute Gasteiger partial charge is 0.359 e. The summed E-state index contributed by atoms with van der Waals surface area (Å²) in [6.45, 7) is 7.81. The van der Waals surface area contributed by atoms with Crippen molar-refractivity contribution in [1.82, 2.24) is 0 Å². The van der Waals surface area contributed by atoms with Crippen molar-refractivity contribution in [2.45, 2.75) is 34.1 Å². The molecule has 0 rings (SSSR count). The molecule has 0 fully saturated rings. The third-order valence-corrected chi connectivity index (χ3v) is 2.25. The molecule has 0 heterocycles. The molecule has 1 radical (unpaired) electrons. The van der Waals surface area contributed by atoms with Crippen LogP contribution in [0.4, 0.5) is 0 Å². The van der Waals surface area contributed by atoms with Gasteiger partial charge in [0.05, 0.1) is 5.92 Å². The fourth-order valence-electron chi connectivity index (χ4n) is 1.42. The summed E-state index contributed by atoms with van der Waals surface area (Å²) in [5.74, 6) is -0.802. The average molecular weight is 157 g/mol. The predicted octanol–water partition coefficient (Wildman–Crippen LogP) is 2.26. The number of carbonyl (C=O) groups excluding carboxylic acids is 1. The summed E-state index contributed by atoms with van der Waals surface area (Å²) in [4.78, 5) is 10.6. The molecule has 65 valence electrons. The fraction of sp³-hybridized carbons (Fsp3) is 0.889. The first kappa shape index (κ1) is 10.5. The van der Waals surface area contributed by atoms with Gasteiger partial charge >= 0.3 is 5.97 Å². The van der Waals surface area contributed by atoms with Gasteiger partial charge in [0.2, 0.25) is 0 Å². The third kappa shape index (κ3) is 2.91. The zero-order chi connectivity index (χ0) is 9.02. The van der Waals surface area contributed by atoms with Crippen LogP contribution in [0.2, 0.25) is 0 Å². The second-order valence-electron chi connectivity index (χ2n) is 3.47. The maximum absolute atomic E-state index is 10.6. The Balaban J connectivity index is 4.21. The van der Waals surface area contributed by atoms with E-state index in [1.807, 2.05) is 27.7 Å². The smallest absolute Gasteiger partial charge is 0.247 e. The molecule has 0 spiro atoms. The third-order valence-electron chi connectivity index (χ3n) is 2.25. The van der Waals surface area contributed by atoms with Crippen molar-refractivity contribution < 1.29 is 9.90 Å². The minimum atomic E-state index is -0.908. The molecule has 0 amide bonds. The van der Waals surface area contributed by atoms with Gasteiger partial charge in [-0.05, 0) is 11.8 Å². The van der Waals surface area contributed by atoms with Crippen LogP contribution in [0.25, 0.3) is 0 Å². The summed E-state index contributed by atoms with van der Waals surface area (Å²) in [6, 6.07) is 0. The Morgan fingerprint density at radius 1 is 1.27 bits per heavy atom. The standard InChI is InChI=1S/C9H17O2/c1-5-7(4)8(6(2)3)9(10)11/h6-8H,5H2,1-4H3. The van der Waals surface area contributed by atoms with Crippen molar-refractivity contribution in [3.63, 3.8) is 0 Å². The van der Waals surface area contributed by atoms with E-state index in [1.165, 1.54) is 0 Å². The van der Waals surface area contributed by atoms with Gasteiger partial charge in [-0.3, -0.25) is 0 Å².